The number of nitrogens with two attached hydrogens (primary N) is 1. The molecule has 1 aromatic heterocycles. The Morgan fingerprint density at radius 3 is 2.64 bits per heavy atom. The van der Waals surface area contributed by atoms with Gasteiger partial charge in [-0.05, 0) is 38.7 Å². The highest BCUT2D eigenvalue weighted by molar-refractivity contribution is 5.95. The molecule has 1 aliphatic carbocycles. The van der Waals surface area contributed by atoms with E-state index >= 15 is 0 Å². The smallest absolute Gasteiger partial charge is 0.341 e. The predicted molar refractivity (Wildman–Crippen MR) is 107 cm³/mol. The second-order valence-corrected chi connectivity index (χ2v) is 7.87. The molecule has 0 radical (unpaired) electrons. The number of likely N-dealkylation sites (tertiary alicyclic amines) is 1. The lowest BCUT2D eigenvalue weighted by molar-refractivity contribution is 0.0695. The molecule has 2 fully saturated rings. The third kappa shape index (κ3) is 2.99. The molecule has 0 spiro atoms. The van der Waals surface area contributed by atoms with Gasteiger partial charge in [-0.25, -0.2) is 4.79 Å². The van der Waals surface area contributed by atoms with Gasteiger partial charge in [0.2, 0.25) is 5.43 Å². The molecule has 150 valence electrons. The number of aromatic nitrogens is 1. The van der Waals surface area contributed by atoms with Crippen LogP contribution in [0.5, 0.6) is 5.75 Å². The van der Waals surface area contributed by atoms with Crippen LogP contribution >= 0.6 is 0 Å². The van der Waals surface area contributed by atoms with Gasteiger partial charge in [0.1, 0.15) is 11.3 Å². The Balaban J connectivity index is 1.96. The lowest BCUT2D eigenvalue weighted by Crippen LogP contribution is -2.34. The average Bonchev–Trinajstić information content (AvgIpc) is 3.46. The van der Waals surface area contributed by atoms with E-state index in [-0.39, 0.29) is 17.6 Å². The number of carbonyl (C=O) groups is 1. The van der Waals surface area contributed by atoms with E-state index in [1.165, 1.54) is 6.20 Å². The van der Waals surface area contributed by atoms with Crippen molar-refractivity contribution in [3.63, 3.8) is 0 Å². The third-order valence-electron chi connectivity index (χ3n) is 6.12. The van der Waals surface area contributed by atoms with Crippen LogP contribution in [0.3, 0.4) is 0 Å². The molecule has 0 amide bonds. The molecule has 7 nitrogen and oxygen atoms in total. The van der Waals surface area contributed by atoms with Crippen molar-refractivity contribution < 1.29 is 14.6 Å². The minimum atomic E-state index is -1.19. The van der Waals surface area contributed by atoms with E-state index in [4.69, 9.17) is 10.5 Å². The zero-order valence-corrected chi connectivity index (χ0v) is 16.4. The fourth-order valence-electron chi connectivity index (χ4n) is 4.60. The van der Waals surface area contributed by atoms with Crippen LogP contribution in [0.4, 0.5) is 0 Å². The second-order valence-electron chi connectivity index (χ2n) is 7.87. The Bertz CT molecular complexity index is 980. The van der Waals surface area contributed by atoms with Gasteiger partial charge in [0, 0.05) is 43.0 Å². The summed E-state index contributed by atoms with van der Waals surface area (Å²) in [6.45, 7) is 3.61. The molecule has 2 aromatic rings. The number of rotatable bonds is 6. The van der Waals surface area contributed by atoms with E-state index < -0.39 is 11.4 Å². The first kappa shape index (κ1) is 19.0. The summed E-state index contributed by atoms with van der Waals surface area (Å²) < 4.78 is 7.78. The molecule has 4 rings (SSSR count). The summed E-state index contributed by atoms with van der Waals surface area (Å²) in [5.74, 6) is -0.511. The van der Waals surface area contributed by atoms with Crippen LogP contribution in [0, 0.1) is 0 Å². The first-order valence-electron chi connectivity index (χ1n) is 9.92. The largest absolute Gasteiger partial charge is 0.494 e. The second kappa shape index (κ2) is 7.22. The number of nitrogens with zero attached hydrogens (tertiary/aromatic N) is 2. The maximum Gasteiger partial charge on any atom is 0.341 e. The first-order chi connectivity index (χ1) is 13.5. The van der Waals surface area contributed by atoms with Gasteiger partial charge in [0.25, 0.3) is 0 Å². The molecule has 2 unspecified atom stereocenters. The van der Waals surface area contributed by atoms with Crippen LogP contribution in [0.25, 0.3) is 10.9 Å². The van der Waals surface area contributed by atoms with Crippen molar-refractivity contribution >= 4 is 16.9 Å². The maximum atomic E-state index is 12.8. The van der Waals surface area contributed by atoms with E-state index in [1.54, 1.807) is 13.2 Å². The van der Waals surface area contributed by atoms with Crippen molar-refractivity contribution in [3.8, 4) is 5.75 Å². The van der Waals surface area contributed by atoms with Crippen LogP contribution in [-0.2, 0) is 0 Å². The number of aromatic carboxylic acids is 1. The van der Waals surface area contributed by atoms with Gasteiger partial charge in [-0.3, -0.25) is 9.69 Å². The number of pyridine rings is 1. The Morgan fingerprint density at radius 1 is 1.29 bits per heavy atom. The van der Waals surface area contributed by atoms with Crippen molar-refractivity contribution in [3.05, 3.63) is 39.7 Å². The lowest BCUT2D eigenvalue weighted by Gasteiger charge is -2.29. The van der Waals surface area contributed by atoms with Crippen molar-refractivity contribution in [1.82, 2.24) is 9.47 Å². The van der Waals surface area contributed by atoms with Crippen molar-refractivity contribution in [2.24, 2.45) is 5.73 Å². The van der Waals surface area contributed by atoms with Crippen molar-refractivity contribution in [2.75, 3.05) is 20.2 Å². The Labute approximate surface area is 163 Å². The van der Waals surface area contributed by atoms with Gasteiger partial charge in [-0.2, -0.15) is 0 Å². The number of ether oxygens (including phenoxy) is 1. The van der Waals surface area contributed by atoms with E-state index in [1.807, 2.05) is 10.6 Å². The van der Waals surface area contributed by atoms with E-state index in [9.17, 15) is 14.7 Å². The highest BCUT2D eigenvalue weighted by Crippen LogP contribution is 2.45. The highest BCUT2D eigenvalue weighted by atomic mass is 16.5. The summed E-state index contributed by atoms with van der Waals surface area (Å²) in [5, 5.41) is 9.87. The summed E-state index contributed by atoms with van der Waals surface area (Å²) in [6, 6.07) is 4.53. The van der Waals surface area contributed by atoms with Gasteiger partial charge in [0.15, 0.2) is 0 Å². The molecule has 7 heteroatoms. The molecule has 2 aliphatic rings. The van der Waals surface area contributed by atoms with Gasteiger partial charge in [0.05, 0.1) is 18.0 Å². The number of fused-ring (bicyclic) bond motifs is 1. The number of carboxylic acids is 1. The molecule has 3 N–H and O–H groups in total. The average molecular weight is 385 g/mol. The number of hydrogen-bond donors (Lipinski definition) is 2. The molecule has 1 aliphatic heterocycles. The van der Waals surface area contributed by atoms with Crippen molar-refractivity contribution in [1.29, 1.82) is 0 Å². The van der Waals surface area contributed by atoms with Gasteiger partial charge < -0.3 is 20.1 Å². The normalized spacial score (nSPS) is 22.7. The minimum Gasteiger partial charge on any atom is -0.494 e. The number of methoxy groups -OCH3 is 1. The fraction of sp³-hybridized carbons (Fsp3) is 0.524. The Morgan fingerprint density at radius 2 is 2.04 bits per heavy atom. The predicted octanol–water partition coefficient (Wildman–Crippen LogP) is 2.53. The molecule has 1 saturated carbocycles. The van der Waals surface area contributed by atoms with E-state index in [0.717, 1.165) is 37.8 Å². The highest BCUT2D eigenvalue weighted by Gasteiger charge is 2.35. The first-order valence-corrected chi connectivity index (χ1v) is 9.92. The van der Waals surface area contributed by atoms with Crippen LogP contribution in [0.1, 0.15) is 60.6 Å². The van der Waals surface area contributed by atoms with Gasteiger partial charge in [-0.15, -0.1) is 0 Å². The summed E-state index contributed by atoms with van der Waals surface area (Å²) in [7, 11) is 1.62. The van der Waals surface area contributed by atoms with E-state index in [2.05, 4.69) is 11.8 Å². The van der Waals surface area contributed by atoms with Gasteiger partial charge in [-0.1, -0.05) is 6.07 Å². The molecule has 2 atom stereocenters. The molecular formula is C21H27N3O4. The number of hydrogen-bond acceptors (Lipinski definition) is 5. The summed E-state index contributed by atoms with van der Waals surface area (Å²) >= 11 is 0. The standard InChI is InChI=1S/C21H27N3O4/c1-12-3-8-17(23(12)10-9-22)14-6-7-15-18(20(14)28-2)24(13-4-5-13)11-16(19(15)25)21(26)27/h6-7,11-13,17H,3-5,8-10,22H2,1-2H3,(H,26,27). The zero-order valence-electron chi connectivity index (χ0n) is 16.4. The van der Waals surface area contributed by atoms with Crippen LogP contribution in [0.15, 0.2) is 23.1 Å². The molecule has 0 bridgehead atoms. The molecule has 1 saturated heterocycles. The molecule has 2 heterocycles. The zero-order chi connectivity index (χ0) is 20.0. The van der Waals surface area contributed by atoms with Gasteiger partial charge >= 0.3 is 5.97 Å². The van der Waals surface area contributed by atoms with Crippen LogP contribution in [0.2, 0.25) is 0 Å². The SMILES string of the molecule is COc1c(C2CCC(C)N2CCN)ccc2c(=O)c(C(=O)O)cn(C3CC3)c12. The van der Waals surface area contributed by atoms with E-state index in [0.29, 0.717) is 29.2 Å². The molecule has 28 heavy (non-hydrogen) atoms. The van der Waals surface area contributed by atoms with Crippen LogP contribution in [-0.4, -0.2) is 46.8 Å². The van der Waals surface area contributed by atoms with Crippen LogP contribution < -0.4 is 15.9 Å². The quantitative estimate of drug-likeness (QED) is 0.793. The third-order valence-corrected chi connectivity index (χ3v) is 6.12. The fourth-order valence-corrected chi connectivity index (χ4v) is 4.60. The Hall–Kier alpha value is -2.38. The summed E-state index contributed by atoms with van der Waals surface area (Å²) in [5.41, 5.74) is 6.95. The monoisotopic (exact) mass is 385 g/mol. The minimum absolute atomic E-state index is 0.180. The molecular weight excluding hydrogens is 358 g/mol. The summed E-state index contributed by atoms with van der Waals surface area (Å²) in [4.78, 5) is 26.8. The summed E-state index contributed by atoms with van der Waals surface area (Å²) in [6.07, 6.45) is 5.53. The number of carboxylic acid groups (broad SMARTS) is 1. The number of benzene rings is 1. The lowest BCUT2D eigenvalue weighted by atomic mass is 9.99. The topological polar surface area (TPSA) is 97.8 Å². The van der Waals surface area contributed by atoms with Crippen molar-refractivity contribution in [2.45, 2.75) is 50.7 Å². The maximum absolute atomic E-state index is 12.8. The Kier molecular flexibility index (Phi) is 4.89. The molecule has 1 aromatic carbocycles.